The molecule has 12 heavy (non-hydrogen) atoms. The number of hydrogen-bond acceptors (Lipinski definition) is 3. The number of furan rings is 1. The number of carboxylic acids is 1. The molecule has 1 aliphatic heterocycles. The van der Waals surface area contributed by atoms with Crippen molar-refractivity contribution in [3.8, 4) is 0 Å². The third-order valence-corrected chi connectivity index (χ3v) is 1.95. The van der Waals surface area contributed by atoms with Gasteiger partial charge in [0.05, 0.1) is 0 Å². The van der Waals surface area contributed by atoms with Crippen molar-refractivity contribution in [1.29, 1.82) is 0 Å². The Morgan fingerprint density at radius 1 is 1.67 bits per heavy atom. The molecule has 0 bridgehead atoms. The smallest absolute Gasteiger partial charge is 0.371 e. The normalized spacial score (nSPS) is 15.7. The molecule has 2 heterocycles. The molecular weight excluding hydrogens is 158 g/mol. The van der Waals surface area contributed by atoms with Crippen LogP contribution in [0.1, 0.15) is 21.9 Å². The largest absolute Gasteiger partial charge is 0.475 e. The van der Waals surface area contributed by atoms with Crippen molar-refractivity contribution >= 4 is 5.97 Å². The first kappa shape index (κ1) is 7.36. The first-order valence-corrected chi connectivity index (χ1v) is 3.83. The molecule has 64 valence electrons. The summed E-state index contributed by atoms with van der Waals surface area (Å²) in [5.74, 6) is -0.140. The molecule has 2 N–H and O–H groups in total. The fourth-order valence-corrected chi connectivity index (χ4v) is 1.36. The van der Waals surface area contributed by atoms with E-state index in [1.165, 1.54) is 0 Å². The number of rotatable bonds is 1. The van der Waals surface area contributed by atoms with Crippen LogP contribution in [0.5, 0.6) is 0 Å². The Morgan fingerprint density at radius 2 is 2.50 bits per heavy atom. The number of nitrogens with one attached hydrogen (secondary N) is 1. The maximum atomic E-state index is 10.5. The van der Waals surface area contributed by atoms with Crippen molar-refractivity contribution in [2.45, 2.75) is 13.0 Å². The molecule has 0 unspecified atom stereocenters. The molecule has 1 aromatic heterocycles. The molecular formula is C8H9NO3. The predicted molar refractivity (Wildman–Crippen MR) is 41.1 cm³/mol. The number of aromatic carboxylic acids is 1. The topological polar surface area (TPSA) is 62.5 Å². The van der Waals surface area contributed by atoms with Crippen LogP contribution >= 0.6 is 0 Å². The van der Waals surface area contributed by atoms with Gasteiger partial charge >= 0.3 is 5.97 Å². The summed E-state index contributed by atoms with van der Waals surface area (Å²) in [5, 5.41) is 11.8. The molecule has 0 spiro atoms. The summed E-state index contributed by atoms with van der Waals surface area (Å²) in [6.07, 6.45) is 0.780. The summed E-state index contributed by atoms with van der Waals surface area (Å²) in [7, 11) is 0. The Bertz CT molecular complexity index is 293. The molecule has 0 radical (unpaired) electrons. The minimum absolute atomic E-state index is 0.0451. The van der Waals surface area contributed by atoms with Gasteiger partial charge in [0, 0.05) is 25.1 Å². The number of fused-ring (bicyclic) bond motifs is 1. The van der Waals surface area contributed by atoms with E-state index >= 15 is 0 Å². The molecule has 0 atom stereocenters. The highest BCUT2D eigenvalue weighted by molar-refractivity contribution is 5.84. The monoisotopic (exact) mass is 167 g/mol. The van der Waals surface area contributed by atoms with Gasteiger partial charge in [-0.2, -0.15) is 0 Å². The lowest BCUT2D eigenvalue weighted by molar-refractivity contribution is 0.0660. The average molecular weight is 167 g/mol. The highest BCUT2D eigenvalue weighted by atomic mass is 16.4. The van der Waals surface area contributed by atoms with Crippen molar-refractivity contribution in [2.24, 2.45) is 0 Å². The fraction of sp³-hybridized carbons (Fsp3) is 0.375. The van der Waals surface area contributed by atoms with E-state index in [0.29, 0.717) is 6.54 Å². The molecule has 0 fully saturated rings. The second kappa shape index (κ2) is 2.64. The Balaban J connectivity index is 2.38. The third-order valence-electron chi connectivity index (χ3n) is 1.95. The van der Waals surface area contributed by atoms with Crippen LogP contribution in [0, 0.1) is 0 Å². The zero-order valence-electron chi connectivity index (χ0n) is 6.46. The molecule has 1 aromatic rings. The van der Waals surface area contributed by atoms with Crippen molar-refractivity contribution in [2.75, 3.05) is 6.54 Å². The lowest BCUT2D eigenvalue weighted by atomic mass is 10.1. The van der Waals surface area contributed by atoms with Crippen LogP contribution in [-0.2, 0) is 13.0 Å². The van der Waals surface area contributed by atoms with Gasteiger partial charge in [-0.15, -0.1) is 0 Å². The number of carbonyl (C=O) groups is 1. The van der Waals surface area contributed by atoms with Crippen LogP contribution in [0.25, 0.3) is 0 Å². The SMILES string of the molecule is O=C(O)c1cc2c(o1)CCNC2. The summed E-state index contributed by atoms with van der Waals surface area (Å²) < 4.78 is 5.13. The Labute approximate surface area is 69.2 Å². The molecule has 4 heteroatoms. The predicted octanol–water partition coefficient (Wildman–Crippen LogP) is 0.624. The first-order chi connectivity index (χ1) is 5.77. The molecule has 0 aliphatic carbocycles. The molecule has 2 rings (SSSR count). The van der Waals surface area contributed by atoms with E-state index in [4.69, 9.17) is 9.52 Å². The van der Waals surface area contributed by atoms with Crippen molar-refractivity contribution in [3.05, 3.63) is 23.2 Å². The van der Waals surface area contributed by atoms with Crippen molar-refractivity contribution in [3.63, 3.8) is 0 Å². The molecule has 0 saturated carbocycles. The highest BCUT2D eigenvalue weighted by Crippen LogP contribution is 2.18. The van der Waals surface area contributed by atoms with Gasteiger partial charge < -0.3 is 14.8 Å². The lowest BCUT2D eigenvalue weighted by Crippen LogP contribution is -2.22. The van der Waals surface area contributed by atoms with Gasteiger partial charge in [-0.05, 0) is 6.07 Å². The van der Waals surface area contributed by atoms with Gasteiger partial charge in [0.2, 0.25) is 5.76 Å². The summed E-state index contributed by atoms with van der Waals surface area (Å²) in [6.45, 7) is 1.58. The summed E-state index contributed by atoms with van der Waals surface area (Å²) in [6, 6.07) is 1.59. The van der Waals surface area contributed by atoms with Crippen molar-refractivity contribution < 1.29 is 14.3 Å². The van der Waals surface area contributed by atoms with Crippen LogP contribution in [0.15, 0.2) is 10.5 Å². The van der Waals surface area contributed by atoms with E-state index in [-0.39, 0.29) is 5.76 Å². The minimum Gasteiger partial charge on any atom is -0.475 e. The second-order valence-electron chi connectivity index (χ2n) is 2.79. The van der Waals surface area contributed by atoms with Crippen LogP contribution in [0.2, 0.25) is 0 Å². The van der Waals surface area contributed by atoms with Gasteiger partial charge in [-0.1, -0.05) is 0 Å². The molecule has 0 amide bonds. The van der Waals surface area contributed by atoms with Crippen LogP contribution in [-0.4, -0.2) is 17.6 Å². The number of carboxylic acid groups (broad SMARTS) is 1. The summed E-state index contributed by atoms with van der Waals surface area (Å²) in [5.41, 5.74) is 0.971. The van der Waals surface area contributed by atoms with Crippen LogP contribution in [0.3, 0.4) is 0 Å². The van der Waals surface area contributed by atoms with Gasteiger partial charge in [-0.25, -0.2) is 4.79 Å². The van der Waals surface area contributed by atoms with E-state index in [2.05, 4.69) is 5.32 Å². The third kappa shape index (κ3) is 1.10. The van der Waals surface area contributed by atoms with E-state index in [1.54, 1.807) is 6.07 Å². The molecule has 1 aliphatic rings. The standard InChI is InChI=1S/C8H9NO3/c10-8(11)7-3-5-4-9-2-1-6(5)12-7/h3,9H,1-2,4H2,(H,10,11). The average Bonchev–Trinajstić information content (AvgIpc) is 2.46. The van der Waals surface area contributed by atoms with Gasteiger partial charge in [0.1, 0.15) is 5.76 Å². The quantitative estimate of drug-likeness (QED) is 0.643. The van der Waals surface area contributed by atoms with Gasteiger partial charge in [0.15, 0.2) is 0 Å². The van der Waals surface area contributed by atoms with E-state index in [9.17, 15) is 4.79 Å². The Morgan fingerprint density at radius 3 is 3.17 bits per heavy atom. The number of hydrogen-bond donors (Lipinski definition) is 2. The lowest BCUT2D eigenvalue weighted by Gasteiger charge is -2.09. The fourth-order valence-electron chi connectivity index (χ4n) is 1.36. The summed E-state index contributed by atoms with van der Waals surface area (Å²) in [4.78, 5) is 10.5. The maximum absolute atomic E-state index is 10.5. The van der Waals surface area contributed by atoms with Crippen LogP contribution in [0.4, 0.5) is 0 Å². The van der Waals surface area contributed by atoms with Crippen molar-refractivity contribution in [1.82, 2.24) is 5.32 Å². The Kier molecular flexibility index (Phi) is 1.62. The first-order valence-electron chi connectivity index (χ1n) is 3.83. The van der Waals surface area contributed by atoms with Crippen LogP contribution < -0.4 is 5.32 Å². The zero-order chi connectivity index (χ0) is 8.55. The van der Waals surface area contributed by atoms with E-state index in [0.717, 1.165) is 24.3 Å². The molecule has 0 saturated heterocycles. The second-order valence-corrected chi connectivity index (χ2v) is 2.79. The molecule has 4 nitrogen and oxygen atoms in total. The Hall–Kier alpha value is -1.29. The van der Waals surface area contributed by atoms with Gasteiger partial charge in [-0.3, -0.25) is 0 Å². The summed E-state index contributed by atoms with van der Waals surface area (Å²) >= 11 is 0. The molecule has 0 aromatic carbocycles. The highest BCUT2D eigenvalue weighted by Gasteiger charge is 2.17. The van der Waals surface area contributed by atoms with Gasteiger partial charge in [0.25, 0.3) is 0 Å². The zero-order valence-corrected chi connectivity index (χ0v) is 6.46. The maximum Gasteiger partial charge on any atom is 0.371 e. The minimum atomic E-state index is -0.996. The van der Waals surface area contributed by atoms with E-state index in [1.807, 2.05) is 0 Å². The van der Waals surface area contributed by atoms with E-state index < -0.39 is 5.97 Å².